The van der Waals surface area contributed by atoms with Crippen molar-refractivity contribution in [2.75, 3.05) is 6.61 Å². The van der Waals surface area contributed by atoms with Crippen molar-refractivity contribution in [1.82, 2.24) is 30.1 Å². The molecule has 4 rings (SSSR count). The number of pyridine rings is 1. The zero-order chi connectivity index (χ0) is 20.4. The fourth-order valence-electron chi connectivity index (χ4n) is 2.75. The monoisotopic (exact) mass is 412 g/mol. The molecule has 3 aromatic heterocycles. The van der Waals surface area contributed by atoms with Gasteiger partial charge in [-0.05, 0) is 49.7 Å². The lowest BCUT2D eigenvalue weighted by atomic mass is 10.2. The zero-order valence-corrected chi connectivity index (χ0v) is 16.5. The molecule has 148 valence electrons. The number of hydrogen-bond acceptors (Lipinski definition) is 7. The maximum absolute atomic E-state index is 12.1. The molecular weight excluding hydrogens is 396 g/mol. The Kier molecular flexibility index (Phi) is 5.13. The van der Waals surface area contributed by atoms with Crippen LogP contribution in [-0.4, -0.2) is 37.3 Å². The van der Waals surface area contributed by atoms with E-state index in [0.717, 1.165) is 11.1 Å². The highest BCUT2D eigenvalue weighted by atomic mass is 35.5. The molecule has 1 aromatic carbocycles. The van der Waals surface area contributed by atoms with Crippen molar-refractivity contribution >= 4 is 23.2 Å². The maximum Gasteiger partial charge on any atom is 0.258 e. The number of nitrogens with one attached hydrogen (secondary N) is 1. The van der Waals surface area contributed by atoms with Crippen LogP contribution < -0.4 is 10.1 Å². The van der Waals surface area contributed by atoms with Gasteiger partial charge in [0.2, 0.25) is 0 Å². The molecule has 1 amide bonds. The van der Waals surface area contributed by atoms with Crippen LogP contribution in [0.4, 0.5) is 0 Å². The summed E-state index contributed by atoms with van der Waals surface area (Å²) in [6, 6.07) is 8.84. The number of aryl methyl sites for hydroxylation is 2. The summed E-state index contributed by atoms with van der Waals surface area (Å²) < 4.78 is 12.5. The van der Waals surface area contributed by atoms with Crippen LogP contribution in [-0.2, 0) is 11.3 Å². The van der Waals surface area contributed by atoms with Crippen LogP contribution >= 0.6 is 11.6 Å². The number of hydrogen-bond donors (Lipinski definition) is 1. The third-order valence-corrected chi connectivity index (χ3v) is 4.43. The summed E-state index contributed by atoms with van der Waals surface area (Å²) in [6.45, 7) is 3.72. The first-order valence-corrected chi connectivity index (χ1v) is 9.17. The van der Waals surface area contributed by atoms with Gasteiger partial charge in [0.25, 0.3) is 11.8 Å². The molecule has 29 heavy (non-hydrogen) atoms. The van der Waals surface area contributed by atoms with Crippen molar-refractivity contribution in [3.63, 3.8) is 0 Å². The molecule has 0 aliphatic rings. The number of carbonyl (C=O) groups is 1. The van der Waals surface area contributed by atoms with Gasteiger partial charge < -0.3 is 14.6 Å². The fourth-order valence-corrected chi connectivity index (χ4v) is 2.98. The van der Waals surface area contributed by atoms with E-state index in [4.69, 9.17) is 20.9 Å². The molecule has 0 aliphatic carbocycles. The SMILES string of the molecule is Cc1noc(-c2ccn3c(CNC(=O)COc4ccc(Cl)cc4C)nnc3c2)n1. The lowest BCUT2D eigenvalue weighted by Crippen LogP contribution is -2.29. The fraction of sp³-hybridized carbons (Fsp3) is 0.211. The first-order chi connectivity index (χ1) is 14.0. The van der Waals surface area contributed by atoms with Crippen molar-refractivity contribution in [1.29, 1.82) is 0 Å². The Hall–Kier alpha value is -3.46. The summed E-state index contributed by atoms with van der Waals surface area (Å²) in [7, 11) is 0. The molecule has 0 atom stereocenters. The van der Waals surface area contributed by atoms with Crippen molar-refractivity contribution in [2.24, 2.45) is 0 Å². The minimum absolute atomic E-state index is 0.111. The zero-order valence-electron chi connectivity index (χ0n) is 15.7. The number of aromatic nitrogens is 5. The van der Waals surface area contributed by atoms with Crippen molar-refractivity contribution in [2.45, 2.75) is 20.4 Å². The van der Waals surface area contributed by atoms with Crippen LogP contribution in [0.25, 0.3) is 17.1 Å². The number of fused-ring (bicyclic) bond motifs is 1. The molecule has 0 bridgehead atoms. The van der Waals surface area contributed by atoms with E-state index in [1.54, 1.807) is 41.8 Å². The third-order valence-electron chi connectivity index (χ3n) is 4.19. The molecule has 0 saturated carbocycles. The molecule has 9 nitrogen and oxygen atoms in total. The molecule has 1 N–H and O–H groups in total. The molecule has 10 heteroatoms. The largest absolute Gasteiger partial charge is 0.484 e. The van der Waals surface area contributed by atoms with E-state index < -0.39 is 0 Å². The topological polar surface area (TPSA) is 107 Å². The van der Waals surface area contributed by atoms with Gasteiger partial charge in [0.1, 0.15) is 5.75 Å². The molecule has 0 spiro atoms. The molecule has 0 radical (unpaired) electrons. The Balaban J connectivity index is 1.38. The lowest BCUT2D eigenvalue weighted by Gasteiger charge is -2.09. The van der Waals surface area contributed by atoms with Gasteiger partial charge in [0.05, 0.1) is 6.54 Å². The quantitative estimate of drug-likeness (QED) is 0.518. The second-order valence-electron chi connectivity index (χ2n) is 6.38. The van der Waals surface area contributed by atoms with E-state index in [-0.39, 0.29) is 19.1 Å². The van der Waals surface area contributed by atoms with Gasteiger partial charge in [-0.25, -0.2) is 0 Å². The highest BCUT2D eigenvalue weighted by Crippen LogP contribution is 2.22. The normalized spacial score (nSPS) is 11.0. The standard InChI is InChI=1S/C19H17ClN6O3/c1-11-7-14(20)3-4-15(11)28-10-18(27)21-9-17-24-23-16-8-13(5-6-26(16)17)19-22-12(2)25-29-19/h3-8H,9-10H2,1-2H3,(H,21,27). The lowest BCUT2D eigenvalue weighted by molar-refractivity contribution is -0.123. The first-order valence-electron chi connectivity index (χ1n) is 8.79. The van der Waals surface area contributed by atoms with Crippen molar-refractivity contribution < 1.29 is 14.1 Å². The van der Waals surface area contributed by atoms with Crippen LogP contribution in [0.3, 0.4) is 0 Å². The second kappa shape index (κ2) is 7.88. The minimum atomic E-state index is -0.269. The summed E-state index contributed by atoms with van der Waals surface area (Å²) in [5, 5.41) is 15.4. The van der Waals surface area contributed by atoms with E-state index in [9.17, 15) is 4.79 Å². The highest BCUT2D eigenvalue weighted by Gasteiger charge is 2.12. The Labute approximate surface area is 170 Å². The predicted octanol–water partition coefficient (Wildman–Crippen LogP) is 2.74. The molecule has 0 saturated heterocycles. The van der Waals surface area contributed by atoms with Crippen LogP contribution in [0.2, 0.25) is 5.02 Å². The molecule has 4 aromatic rings. The minimum Gasteiger partial charge on any atom is -0.484 e. The van der Waals surface area contributed by atoms with Crippen LogP contribution in [0.15, 0.2) is 41.1 Å². The van der Waals surface area contributed by atoms with Crippen molar-refractivity contribution in [3.05, 3.63) is 58.8 Å². The third kappa shape index (κ3) is 4.19. The molecule has 0 unspecified atom stereocenters. The average molecular weight is 413 g/mol. The van der Waals surface area contributed by atoms with E-state index in [2.05, 4.69) is 25.7 Å². The van der Waals surface area contributed by atoms with Gasteiger partial charge in [0.15, 0.2) is 23.9 Å². The first kappa shape index (κ1) is 18.9. The number of rotatable bonds is 6. The maximum atomic E-state index is 12.1. The summed E-state index contributed by atoms with van der Waals surface area (Å²) in [5.74, 6) is 1.90. The Morgan fingerprint density at radius 1 is 1.24 bits per heavy atom. The van der Waals surface area contributed by atoms with Crippen molar-refractivity contribution in [3.8, 4) is 17.2 Å². The smallest absolute Gasteiger partial charge is 0.258 e. The van der Waals surface area contributed by atoms with Gasteiger partial charge in [-0.3, -0.25) is 9.20 Å². The van der Waals surface area contributed by atoms with Crippen LogP contribution in [0.5, 0.6) is 5.75 Å². The Morgan fingerprint density at radius 2 is 2.10 bits per heavy atom. The van der Waals surface area contributed by atoms with Gasteiger partial charge in [-0.1, -0.05) is 16.8 Å². The molecule has 3 heterocycles. The Bertz CT molecular complexity index is 1190. The molecular formula is C19H17ClN6O3. The highest BCUT2D eigenvalue weighted by molar-refractivity contribution is 6.30. The predicted molar refractivity (Wildman–Crippen MR) is 105 cm³/mol. The second-order valence-corrected chi connectivity index (χ2v) is 6.82. The van der Waals surface area contributed by atoms with Gasteiger partial charge >= 0.3 is 0 Å². The number of amides is 1. The van der Waals surface area contributed by atoms with Gasteiger partial charge in [-0.2, -0.15) is 4.98 Å². The Morgan fingerprint density at radius 3 is 2.86 bits per heavy atom. The summed E-state index contributed by atoms with van der Waals surface area (Å²) >= 11 is 5.92. The van der Waals surface area contributed by atoms with E-state index in [1.807, 2.05) is 13.0 Å². The van der Waals surface area contributed by atoms with E-state index >= 15 is 0 Å². The van der Waals surface area contributed by atoms with Crippen LogP contribution in [0.1, 0.15) is 17.2 Å². The van der Waals surface area contributed by atoms with E-state index in [1.165, 1.54) is 0 Å². The summed E-state index contributed by atoms with van der Waals surface area (Å²) in [6.07, 6.45) is 1.79. The summed E-state index contributed by atoms with van der Waals surface area (Å²) in [5.41, 5.74) is 2.21. The van der Waals surface area contributed by atoms with Crippen LogP contribution in [0, 0.1) is 13.8 Å². The number of halogens is 1. The van der Waals surface area contributed by atoms with Gasteiger partial charge in [-0.15, -0.1) is 10.2 Å². The summed E-state index contributed by atoms with van der Waals surface area (Å²) in [4.78, 5) is 16.3. The number of ether oxygens (including phenoxy) is 1. The number of benzene rings is 1. The number of carbonyl (C=O) groups excluding carboxylic acids is 1. The van der Waals surface area contributed by atoms with E-state index in [0.29, 0.717) is 34.0 Å². The number of nitrogens with zero attached hydrogens (tertiary/aromatic N) is 5. The molecule has 0 fully saturated rings. The molecule has 0 aliphatic heterocycles. The van der Waals surface area contributed by atoms with Gasteiger partial charge in [0, 0.05) is 16.8 Å². The average Bonchev–Trinajstić information content (AvgIpc) is 3.31.